The summed E-state index contributed by atoms with van der Waals surface area (Å²) in [5.74, 6) is 0. The fourth-order valence-corrected chi connectivity index (χ4v) is 3.31. The van der Waals surface area contributed by atoms with E-state index < -0.39 is 0 Å². The zero-order valence-electron chi connectivity index (χ0n) is 11.2. The fraction of sp³-hybridized carbons (Fsp3) is 0.467. The van der Waals surface area contributed by atoms with Gasteiger partial charge in [-0.3, -0.25) is 0 Å². The predicted molar refractivity (Wildman–Crippen MR) is 82.6 cm³/mol. The third kappa shape index (κ3) is 3.47. The van der Waals surface area contributed by atoms with Crippen LogP contribution in [0.25, 0.3) is 10.1 Å². The maximum Gasteiger partial charge on any atom is 0.0636 e. The second-order valence-electron chi connectivity index (χ2n) is 5.82. The van der Waals surface area contributed by atoms with E-state index in [4.69, 9.17) is 11.6 Å². The summed E-state index contributed by atoms with van der Waals surface area (Å²) in [6.07, 6.45) is 1.18. The Morgan fingerprint density at radius 3 is 2.61 bits per heavy atom. The summed E-state index contributed by atoms with van der Waals surface area (Å²) in [6.45, 7) is 8.70. The maximum absolute atomic E-state index is 6.40. The van der Waals surface area contributed by atoms with E-state index in [9.17, 15) is 0 Å². The number of rotatable bonds is 4. The molecule has 98 valence electrons. The van der Waals surface area contributed by atoms with Crippen LogP contribution in [-0.2, 0) is 6.54 Å². The van der Waals surface area contributed by atoms with Gasteiger partial charge < -0.3 is 5.32 Å². The highest BCUT2D eigenvalue weighted by atomic mass is 35.5. The third-order valence-corrected chi connectivity index (χ3v) is 4.65. The van der Waals surface area contributed by atoms with Gasteiger partial charge in [0.1, 0.15) is 0 Å². The molecule has 0 aliphatic rings. The number of nitrogens with one attached hydrogen (secondary N) is 1. The molecule has 0 atom stereocenters. The van der Waals surface area contributed by atoms with Crippen molar-refractivity contribution in [3.63, 3.8) is 0 Å². The molecule has 0 amide bonds. The highest BCUT2D eigenvalue weighted by Crippen LogP contribution is 2.34. The Morgan fingerprint density at radius 1 is 1.22 bits per heavy atom. The topological polar surface area (TPSA) is 12.0 Å². The number of fused-ring (bicyclic) bond motifs is 1. The van der Waals surface area contributed by atoms with Gasteiger partial charge in [0.15, 0.2) is 0 Å². The number of benzene rings is 1. The fourth-order valence-electron chi connectivity index (χ4n) is 1.84. The van der Waals surface area contributed by atoms with Crippen molar-refractivity contribution < 1.29 is 0 Å². The number of thiophene rings is 1. The molecule has 0 aliphatic carbocycles. The van der Waals surface area contributed by atoms with E-state index in [1.807, 2.05) is 6.07 Å². The Bertz CT molecular complexity index is 525. The van der Waals surface area contributed by atoms with Gasteiger partial charge in [0.2, 0.25) is 0 Å². The van der Waals surface area contributed by atoms with Gasteiger partial charge in [-0.2, -0.15) is 0 Å². The van der Waals surface area contributed by atoms with Crippen molar-refractivity contribution in [1.82, 2.24) is 5.32 Å². The van der Waals surface area contributed by atoms with Crippen LogP contribution in [0.15, 0.2) is 24.3 Å². The van der Waals surface area contributed by atoms with E-state index in [0.29, 0.717) is 5.41 Å². The Labute approximate surface area is 118 Å². The Morgan fingerprint density at radius 2 is 1.94 bits per heavy atom. The molecule has 3 heteroatoms. The van der Waals surface area contributed by atoms with Crippen LogP contribution in [-0.4, -0.2) is 6.54 Å². The molecule has 1 nitrogen and oxygen atoms in total. The molecule has 2 aromatic rings. The minimum Gasteiger partial charge on any atom is -0.312 e. The van der Waals surface area contributed by atoms with Gasteiger partial charge in [-0.1, -0.05) is 50.6 Å². The SMILES string of the molecule is CC(C)(C)CCNCc1sc2ccccc2c1Cl. The average molecular weight is 282 g/mol. The summed E-state index contributed by atoms with van der Waals surface area (Å²) < 4.78 is 1.27. The van der Waals surface area contributed by atoms with Crippen LogP contribution in [0.4, 0.5) is 0 Å². The smallest absolute Gasteiger partial charge is 0.0636 e. The van der Waals surface area contributed by atoms with Crippen LogP contribution in [0, 0.1) is 5.41 Å². The molecule has 0 spiro atoms. The first kappa shape index (κ1) is 13.9. The number of hydrogen-bond donors (Lipinski definition) is 1. The van der Waals surface area contributed by atoms with Gasteiger partial charge >= 0.3 is 0 Å². The van der Waals surface area contributed by atoms with E-state index in [-0.39, 0.29) is 0 Å². The third-order valence-electron chi connectivity index (χ3n) is 2.94. The first-order chi connectivity index (χ1) is 8.47. The molecular weight excluding hydrogens is 262 g/mol. The standard InChI is InChI=1S/C15H20ClNS/c1-15(2,3)8-9-17-10-13-14(16)11-6-4-5-7-12(11)18-13/h4-7,17H,8-10H2,1-3H3. The van der Waals surface area contributed by atoms with E-state index in [1.54, 1.807) is 11.3 Å². The van der Waals surface area contributed by atoms with Crippen LogP contribution < -0.4 is 5.32 Å². The molecule has 1 heterocycles. The first-order valence-electron chi connectivity index (χ1n) is 6.34. The van der Waals surface area contributed by atoms with Gasteiger partial charge in [0, 0.05) is 21.5 Å². The predicted octanol–water partition coefficient (Wildman–Crippen LogP) is 5.08. The molecule has 0 fully saturated rings. The van der Waals surface area contributed by atoms with Crippen molar-refractivity contribution in [3.05, 3.63) is 34.2 Å². The Hall–Kier alpha value is -0.570. The van der Waals surface area contributed by atoms with Gasteiger partial charge in [-0.15, -0.1) is 11.3 Å². The highest BCUT2D eigenvalue weighted by molar-refractivity contribution is 7.19. The molecule has 2 rings (SSSR count). The highest BCUT2D eigenvalue weighted by Gasteiger charge is 2.11. The van der Waals surface area contributed by atoms with Crippen molar-refractivity contribution in [1.29, 1.82) is 0 Å². The van der Waals surface area contributed by atoms with Crippen LogP contribution >= 0.6 is 22.9 Å². The largest absolute Gasteiger partial charge is 0.312 e. The van der Waals surface area contributed by atoms with Crippen LogP contribution in [0.1, 0.15) is 32.1 Å². The van der Waals surface area contributed by atoms with Crippen molar-refractivity contribution in [3.8, 4) is 0 Å². The van der Waals surface area contributed by atoms with Gasteiger partial charge in [0.25, 0.3) is 0 Å². The quantitative estimate of drug-likeness (QED) is 0.771. The molecule has 0 saturated carbocycles. The van der Waals surface area contributed by atoms with Crippen molar-refractivity contribution >= 4 is 33.0 Å². The van der Waals surface area contributed by atoms with Gasteiger partial charge in [-0.05, 0) is 24.4 Å². The summed E-state index contributed by atoms with van der Waals surface area (Å²) in [5, 5.41) is 5.58. The van der Waals surface area contributed by atoms with Crippen molar-refractivity contribution in [2.45, 2.75) is 33.7 Å². The molecule has 0 bridgehead atoms. The van der Waals surface area contributed by atoms with E-state index >= 15 is 0 Å². The molecule has 1 aromatic carbocycles. The number of halogens is 1. The molecule has 0 aliphatic heterocycles. The van der Waals surface area contributed by atoms with Crippen LogP contribution in [0.5, 0.6) is 0 Å². The second-order valence-corrected chi connectivity index (χ2v) is 7.34. The minimum atomic E-state index is 0.386. The van der Waals surface area contributed by atoms with Crippen LogP contribution in [0.2, 0.25) is 5.02 Å². The summed E-state index contributed by atoms with van der Waals surface area (Å²) in [5.41, 5.74) is 0.386. The number of hydrogen-bond acceptors (Lipinski definition) is 2. The van der Waals surface area contributed by atoms with E-state index in [1.165, 1.54) is 21.4 Å². The molecular formula is C15H20ClNS. The summed E-state index contributed by atoms with van der Waals surface area (Å²) >= 11 is 8.18. The first-order valence-corrected chi connectivity index (χ1v) is 7.53. The van der Waals surface area contributed by atoms with Gasteiger partial charge in [-0.25, -0.2) is 0 Å². The monoisotopic (exact) mass is 281 g/mol. The molecule has 0 radical (unpaired) electrons. The summed E-state index contributed by atoms with van der Waals surface area (Å²) in [7, 11) is 0. The van der Waals surface area contributed by atoms with Crippen molar-refractivity contribution in [2.75, 3.05) is 6.54 Å². The van der Waals surface area contributed by atoms with Gasteiger partial charge in [0.05, 0.1) is 5.02 Å². The molecule has 0 saturated heterocycles. The summed E-state index contributed by atoms with van der Waals surface area (Å²) in [6, 6.07) is 8.32. The molecule has 18 heavy (non-hydrogen) atoms. The minimum absolute atomic E-state index is 0.386. The Balaban J connectivity index is 1.98. The van der Waals surface area contributed by atoms with E-state index in [2.05, 4.69) is 44.3 Å². The molecule has 1 N–H and O–H groups in total. The zero-order chi connectivity index (χ0) is 13.2. The molecule has 1 aromatic heterocycles. The lowest BCUT2D eigenvalue weighted by atomic mass is 9.92. The average Bonchev–Trinajstić information content (AvgIpc) is 2.62. The van der Waals surface area contributed by atoms with Crippen molar-refractivity contribution in [2.24, 2.45) is 5.41 Å². The lowest BCUT2D eigenvalue weighted by Crippen LogP contribution is -2.19. The van der Waals surface area contributed by atoms with E-state index in [0.717, 1.165) is 18.1 Å². The lowest BCUT2D eigenvalue weighted by molar-refractivity contribution is 0.367. The second kappa shape index (κ2) is 5.60. The van der Waals surface area contributed by atoms with Crippen LogP contribution in [0.3, 0.4) is 0 Å². The maximum atomic E-state index is 6.40. The Kier molecular flexibility index (Phi) is 4.31. The zero-order valence-corrected chi connectivity index (χ0v) is 12.8. The molecule has 0 unspecified atom stereocenters. The normalized spacial score (nSPS) is 12.2. The summed E-state index contributed by atoms with van der Waals surface area (Å²) in [4.78, 5) is 1.24. The lowest BCUT2D eigenvalue weighted by Gasteiger charge is -2.17.